The van der Waals surface area contributed by atoms with E-state index in [9.17, 15) is 13.7 Å². The summed E-state index contributed by atoms with van der Waals surface area (Å²) in [6.45, 7) is 3.34. The summed E-state index contributed by atoms with van der Waals surface area (Å²) in [5, 5.41) is 0. The Balaban J connectivity index is 3.75. The van der Waals surface area contributed by atoms with Crippen LogP contribution in [0.2, 0.25) is 0 Å². The van der Waals surface area contributed by atoms with Crippen LogP contribution in [0.4, 0.5) is 0 Å². The molecular weight excluding hydrogens is 509 g/mol. The molecule has 0 aliphatic carbocycles. The molecule has 0 amide bonds. The van der Waals surface area contributed by atoms with Gasteiger partial charge >= 0.3 is 7.82 Å². The fourth-order valence-electron chi connectivity index (χ4n) is 4.20. The van der Waals surface area contributed by atoms with Gasteiger partial charge in [0.05, 0.1) is 34.4 Å². The highest BCUT2D eigenvalue weighted by atomic mass is 32.2. The van der Waals surface area contributed by atoms with Crippen LogP contribution in [0, 0.1) is 5.92 Å². The first-order valence-electron chi connectivity index (χ1n) is 14.9. The molecule has 0 bridgehead atoms. The number of methoxy groups -OCH3 is 1. The van der Waals surface area contributed by atoms with Crippen molar-refractivity contribution >= 4 is 18.6 Å². The number of hydrogen-bond acceptors (Lipinski definition) is 5. The molecule has 1 N–H and O–H groups in total. The van der Waals surface area contributed by atoms with Gasteiger partial charge in [-0.1, -0.05) is 103 Å². The normalized spacial score (nSPS) is 15.5. The molecule has 0 heterocycles. The monoisotopic (exact) mass is 570 g/mol. The minimum absolute atomic E-state index is 0.00328. The summed E-state index contributed by atoms with van der Waals surface area (Å²) < 4.78 is 40.7. The van der Waals surface area contributed by atoms with Crippen molar-refractivity contribution in [3.63, 3.8) is 0 Å². The van der Waals surface area contributed by atoms with Gasteiger partial charge in [-0.3, -0.25) is 13.3 Å². The summed E-state index contributed by atoms with van der Waals surface area (Å²) in [7, 11) is 2.41. The van der Waals surface area contributed by atoms with Gasteiger partial charge < -0.3 is 14.1 Å². The first-order valence-corrected chi connectivity index (χ1v) is 17.8. The zero-order valence-corrected chi connectivity index (χ0v) is 26.6. The average Bonchev–Trinajstić information content (AvgIpc) is 2.81. The minimum atomic E-state index is -4.12. The smallest absolute Gasteiger partial charge is 0.384 e. The van der Waals surface area contributed by atoms with E-state index in [1.165, 1.54) is 89.9 Å². The van der Waals surface area contributed by atoms with Crippen LogP contribution in [0.1, 0.15) is 110 Å². The topological polar surface area (TPSA) is 82.1 Å². The molecule has 0 fully saturated rings. The van der Waals surface area contributed by atoms with E-state index in [0.717, 1.165) is 12.8 Å². The number of phosphoric acid groups is 1. The second kappa shape index (κ2) is 24.0. The number of nitrogens with zero attached hydrogens (tertiary/aromatic N) is 1. The lowest BCUT2D eigenvalue weighted by Crippen LogP contribution is -2.37. The molecule has 0 rings (SSSR count). The maximum absolute atomic E-state index is 12.5. The molecule has 0 aromatic rings. The van der Waals surface area contributed by atoms with Crippen LogP contribution in [0.15, 0.2) is 0 Å². The molecule has 3 unspecified atom stereocenters. The molecule has 0 saturated carbocycles. The number of ether oxygens (including phenoxy) is 1. The molecular formula is C28H61NO6PS+. The van der Waals surface area contributed by atoms with Crippen LogP contribution >= 0.6 is 7.82 Å². The van der Waals surface area contributed by atoms with E-state index in [1.54, 1.807) is 7.11 Å². The Labute approximate surface area is 232 Å². The Morgan fingerprint density at radius 1 is 0.757 bits per heavy atom. The average molecular weight is 571 g/mol. The Morgan fingerprint density at radius 3 is 1.65 bits per heavy atom. The van der Waals surface area contributed by atoms with Gasteiger partial charge in [-0.2, -0.15) is 0 Å². The summed E-state index contributed by atoms with van der Waals surface area (Å²) in [6, 6.07) is 0. The van der Waals surface area contributed by atoms with Gasteiger partial charge in [-0.25, -0.2) is 4.57 Å². The van der Waals surface area contributed by atoms with Crippen LogP contribution in [0.5, 0.6) is 0 Å². The number of phosphoric ester groups is 1. The molecule has 0 saturated heterocycles. The summed E-state index contributed by atoms with van der Waals surface area (Å²) in [5.41, 5.74) is 0. The van der Waals surface area contributed by atoms with Gasteiger partial charge in [0.2, 0.25) is 0 Å². The lowest BCUT2D eigenvalue weighted by Gasteiger charge is -2.24. The molecule has 0 radical (unpaired) electrons. The molecule has 3 atom stereocenters. The highest BCUT2D eigenvalue weighted by molar-refractivity contribution is 7.84. The molecule has 224 valence electrons. The van der Waals surface area contributed by atoms with Crippen molar-refractivity contribution in [2.24, 2.45) is 5.92 Å². The molecule has 37 heavy (non-hydrogen) atoms. The van der Waals surface area contributed by atoms with Crippen molar-refractivity contribution in [2.75, 3.05) is 66.1 Å². The van der Waals surface area contributed by atoms with Crippen molar-refractivity contribution in [2.45, 2.75) is 110 Å². The van der Waals surface area contributed by atoms with Gasteiger partial charge in [0.1, 0.15) is 13.2 Å². The third-order valence-corrected chi connectivity index (χ3v) is 9.11. The van der Waals surface area contributed by atoms with E-state index < -0.39 is 18.6 Å². The Bertz CT molecular complexity index is 588. The first kappa shape index (κ1) is 37.2. The number of rotatable bonds is 28. The Kier molecular flexibility index (Phi) is 24.1. The van der Waals surface area contributed by atoms with E-state index in [4.69, 9.17) is 13.8 Å². The Morgan fingerprint density at radius 2 is 1.22 bits per heavy atom. The fourth-order valence-corrected chi connectivity index (χ4v) is 6.40. The van der Waals surface area contributed by atoms with Gasteiger partial charge in [-0.15, -0.1) is 0 Å². The summed E-state index contributed by atoms with van der Waals surface area (Å²) in [6.07, 6.45) is 21.1. The lowest BCUT2D eigenvalue weighted by molar-refractivity contribution is -0.870. The van der Waals surface area contributed by atoms with Crippen LogP contribution in [-0.4, -0.2) is 79.7 Å². The quantitative estimate of drug-likeness (QED) is 0.0614. The predicted octanol–water partition coefficient (Wildman–Crippen LogP) is 7.10. The maximum atomic E-state index is 12.5. The first-order chi connectivity index (χ1) is 17.6. The highest BCUT2D eigenvalue weighted by Crippen LogP contribution is 2.43. The van der Waals surface area contributed by atoms with E-state index in [-0.39, 0.29) is 19.1 Å². The van der Waals surface area contributed by atoms with Crippen LogP contribution < -0.4 is 0 Å². The minimum Gasteiger partial charge on any atom is -0.384 e. The zero-order chi connectivity index (χ0) is 27.8. The standard InChI is InChI=1S/C28H60NO6PS/c1-6-7-8-9-10-11-12-13-14-15-16-17-18-19-20-21-24-37(32)27-28(25-33-5)26-35-36(30,31)34-23-22-29(2,3)4/h28H,6-27H2,1-5H3/p+1. The van der Waals surface area contributed by atoms with Crippen LogP contribution in [0.25, 0.3) is 0 Å². The largest absolute Gasteiger partial charge is 0.472 e. The van der Waals surface area contributed by atoms with Crippen molar-refractivity contribution in [1.29, 1.82) is 0 Å². The van der Waals surface area contributed by atoms with E-state index in [0.29, 0.717) is 29.1 Å². The molecule has 9 heteroatoms. The lowest BCUT2D eigenvalue weighted by atomic mass is 10.0. The molecule has 0 aromatic heterocycles. The number of likely N-dealkylation sites (N-methyl/N-ethyl adjacent to an activating group) is 1. The van der Waals surface area contributed by atoms with E-state index in [2.05, 4.69) is 6.92 Å². The second-order valence-electron chi connectivity index (χ2n) is 11.5. The number of unbranched alkanes of at least 4 members (excludes halogenated alkanes) is 15. The second-order valence-corrected chi connectivity index (χ2v) is 14.6. The van der Waals surface area contributed by atoms with Gasteiger partial charge in [0.15, 0.2) is 0 Å². The van der Waals surface area contributed by atoms with Crippen molar-refractivity contribution in [1.82, 2.24) is 0 Å². The fraction of sp³-hybridized carbons (Fsp3) is 1.00. The number of hydrogen-bond donors (Lipinski definition) is 1. The van der Waals surface area contributed by atoms with Gasteiger partial charge in [-0.05, 0) is 6.42 Å². The summed E-state index contributed by atoms with van der Waals surface area (Å²) >= 11 is 0. The molecule has 0 aromatic carbocycles. The highest BCUT2D eigenvalue weighted by Gasteiger charge is 2.25. The van der Waals surface area contributed by atoms with Crippen molar-refractivity contribution in [3.8, 4) is 0 Å². The van der Waals surface area contributed by atoms with E-state index in [1.807, 2.05) is 21.1 Å². The van der Waals surface area contributed by atoms with Crippen molar-refractivity contribution < 1.29 is 31.9 Å². The SMILES string of the molecule is CCCCCCCCCCCCCCCCCCS(=O)CC(COC)COP(=O)(O)OCC[N+](C)(C)C. The third kappa shape index (κ3) is 27.5. The van der Waals surface area contributed by atoms with Gasteiger partial charge in [0.25, 0.3) is 0 Å². The summed E-state index contributed by atoms with van der Waals surface area (Å²) in [4.78, 5) is 9.91. The molecule has 0 aliphatic rings. The third-order valence-electron chi connectivity index (χ3n) is 6.54. The number of quaternary nitrogens is 1. The zero-order valence-electron chi connectivity index (χ0n) is 24.9. The summed E-state index contributed by atoms with van der Waals surface area (Å²) in [5.74, 6) is 0.871. The van der Waals surface area contributed by atoms with Gasteiger partial charge in [0, 0.05) is 35.3 Å². The maximum Gasteiger partial charge on any atom is 0.472 e. The Hall–Kier alpha value is 0.180. The van der Waals surface area contributed by atoms with Crippen LogP contribution in [-0.2, 0) is 29.1 Å². The van der Waals surface area contributed by atoms with E-state index >= 15 is 0 Å². The van der Waals surface area contributed by atoms with Crippen molar-refractivity contribution in [3.05, 3.63) is 0 Å². The molecule has 0 aliphatic heterocycles. The molecule has 0 spiro atoms. The predicted molar refractivity (Wildman–Crippen MR) is 157 cm³/mol. The molecule has 7 nitrogen and oxygen atoms in total. The van der Waals surface area contributed by atoms with Crippen LogP contribution in [0.3, 0.4) is 0 Å².